The number of sulfone groups is 1. The Morgan fingerprint density at radius 2 is 1.62 bits per heavy atom. The lowest BCUT2D eigenvalue weighted by atomic mass is 10.1. The third kappa shape index (κ3) is 3.65. The van der Waals surface area contributed by atoms with E-state index in [9.17, 15) is 23.6 Å². The molecule has 1 N–H and O–H groups in total. The summed E-state index contributed by atoms with van der Waals surface area (Å²) in [6.45, 7) is 0. The van der Waals surface area contributed by atoms with Crippen molar-refractivity contribution in [3.05, 3.63) is 70.3 Å². The molecule has 0 aromatic heterocycles. The molecule has 0 heterocycles. The molecule has 0 bridgehead atoms. The maximum absolute atomic E-state index is 12.1. The van der Waals surface area contributed by atoms with Gasteiger partial charge in [0.25, 0.3) is 5.69 Å². The van der Waals surface area contributed by atoms with Gasteiger partial charge in [0.15, 0.2) is 9.84 Å². The Hall–Kier alpha value is -2.25. The van der Waals surface area contributed by atoms with E-state index in [1.165, 1.54) is 36.4 Å². The van der Waals surface area contributed by atoms with Crippen LogP contribution >= 0.6 is 0 Å². The summed E-state index contributed by atoms with van der Waals surface area (Å²) >= 11 is 0. The Morgan fingerprint density at radius 3 is 2.14 bits per heavy atom. The first-order chi connectivity index (χ1) is 9.90. The van der Waals surface area contributed by atoms with Crippen LogP contribution in [0.15, 0.2) is 59.5 Å². The third-order valence-electron chi connectivity index (χ3n) is 2.97. The van der Waals surface area contributed by atoms with E-state index in [1.54, 1.807) is 18.2 Å². The van der Waals surface area contributed by atoms with Crippen LogP contribution in [0.3, 0.4) is 0 Å². The average molecular weight is 307 g/mol. The topological polar surface area (TPSA) is 97.5 Å². The molecule has 0 aliphatic heterocycles. The number of hydrogen-bond acceptors (Lipinski definition) is 5. The number of hydrogen-bond donors (Lipinski definition) is 1. The van der Waals surface area contributed by atoms with Gasteiger partial charge in [0.05, 0.1) is 21.7 Å². The minimum atomic E-state index is -3.62. The zero-order chi connectivity index (χ0) is 15.5. The molecule has 0 aliphatic carbocycles. The van der Waals surface area contributed by atoms with Crippen molar-refractivity contribution >= 4 is 15.5 Å². The monoisotopic (exact) mass is 307 g/mol. The first-order valence-corrected chi connectivity index (χ1v) is 7.75. The molecule has 0 saturated heterocycles. The number of nitro benzene ring substituents is 1. The van der Waals surface area contributed by atoms with Gasteiger partial charge in [-0.1, -0.05) is 18.2 Å². The van der Waals surface area contributed by atoms with Crippen molar-refractivity contribution in [2.75, 3.05) is 5.75 Å². The summed E-state index contributed by atoms with van der Waals surface area (Å²) in [5, 5.41) is 20.5. The molecule has 1 atom stereocenters. The minimum Gasteiger partial charge on any atom is -0.387 e. The van der Waals surface area contributed by atoms with Gasteiger partial charge in [-0.05, 0) is 29.8 Å². The van der Waals surface area contributed by atoms with Gasteiger partial charge in [-0.3, -0.25) is 10.1 Å². The molecule has 2 aromatic carbocycles. The molecule has 0 spiro atoms. The first kappa shape index (κ1) is 15.1. The quantitative estimate of drug-likeness (QED) is 0.674. The summed E-state index contributed by atoms with van der Waals surface area (Å²) in [5.74, 6) is -0.477. The van der Waals surface area contributed by atoms with Crippen molar-refractivity contribution in [3.63, 3.8) is 0 Å². The molecule has 0 unspecified atom stereocenters. The zero-order valence-electron chi connectivity index (χ0n) is 10.9. The number of non-ortho nitro benzene ring substituents is 1. The lowest BCUT2D eigenvalue weighted by molar-refractivity contribution is -0.384. The number of nitrogens with zero attached hydrogens (tertiary/aromatic N) is 1. The van der Waals surface area contributed by atoms with Crippen LogP contribution in [0.5, 0.6) is 0 Å². The summed E-state index contributed by atoms with van der Waals surface area (Å²) in [6.07, 6.45) is -1.24. The van der Waals surface area contributed by atoms with Crippen LogP contribution in [0.2, 0.25) is 0 Å². The molecule has 6 nitrogen and oxygen atoms in total. The zero-order valence-corrected chi connectivity index (χ0v) is 11.7. The van der Waals surface area contributed by atoms with E-state index in [2.05, 4.69) is 0 Å². The van der Waals surface area contributed by atoms with Crippen molar-refractivity contribution in [1.82, 2.24) is 0 Å². The van der Waals surface area contributed by atoms with Crippen LogP contribution in [0.4, 0.5) is 5.69 Å². The molecule has 2 aromatic rings. The Kier molecular flexibility index (Phi) is 4.35. The molecule has 0 fully saturated rings. The van der Waals surface area contributed by atoms with Crippen LogP contribution in [0.1, 0.15) is 11.7 Å². The Balaban J connectivity index is 2.18. The van der Waals surface area contributed by atoms with Gasteiger partial charge in [-0.25, -0.2) is 8.42 Å². The second-order valence-corrected chi connectivity index (χ2v) is 6.49. The fourth-order valence-electron chi connectivity index (χ4n) is 1.85. The molecule has 7 heteroatoms. The van der Waals surface area contributed by atoms with Crippen molar-refractivity contribution in [2.45, 2.75) is 11.0 Å². The number of benzene rings is 2. The second kappa shape index (κ2) is 6.02. The van der Waals surface area contributed by atoms with Gasteiger partial charge in [0, 0.05) is 12.1 Å². The molecular weight excluding hydrogens is 294 g/mol. The van der Waals surface area contributed by atoms with Gasteiger partial charge >= 0.3 is 0 Å². The highest BCUT2D eigenvalue weighted by molar-refractivity contribution is 7.91. The first-order valence-electron chi connectivity index (χ1n) is 6.10. The van der Waals surface area contributed by atoms with Gasteiger partial charge in [-0.2, -0.15) is 0 Å². The maximum Gasteiger partial charge on any atom is 0.269 e. The fourth-order valence-corrected chi connectivity index (χ4v) is 3.22. The fraction of sp³-hybridized carbons (Fsp3) is 0.143. The van der Waals surface area contributed by atoms with E-state index in [0.29, 0.717) is 5.56 Å². The molecular formula is C14H13NO5S. The van der Waals surface area contributed by atoms with E-state index < -0.39 is 26.6 Å². The lowest BCUT2D eigenvalue weighted by Crippen LogP contribution is -2.14. The summed E-state index contributed by atoms with van der Waals surface area (Å²) in [7, 11) is -3.62. The highest BCUT2D eigenvalue weighted by atomic mass is 32.2. The lowest BCUT2D eigenvalue weighted by Gasteiger charge is -2.11. The van der Waals surface area contributed by atoms with Crippen LogP contribution in [0, 0.1) is 10.1 Å². The number of aliphatic hydroxyl groups is 1. The maximum atomic E-state index is 12.1. The highest BCUT2D eigenvalue weighted by Crippen LogP contribution is 2.21. The summed E-state index contributed by atoms with van der Waals surface area (Å²) in [6, 6.07) is 13.0. The predicted octanol–water partition coefficient (Wildman–Crippen LogP) is 2.10. The molecule has 110 valence electrons. The summed E-state index contributed by atoms with van der Waals surface area (Å²) in [5.41, 5.74) is 0.206. The minimum absolute atomic E-state index is 0.114. The molecule has 21 heavy (non-hydrogen) atoms. The summed E-state index contributed by atoms with van der Waals surface area (Å²) in [4.78, 5) is 10.1. The second-order valence-electron chi connectivity index (χ2n) is 4.46. The van der Waals surface area contributed by atoms with Crippen molar-refractivity contribution in [3.8, 4) is 0 Å². The van der Waals surface area contributed by atoms with E-state index in [0.717, 1.165) is 0 Å². The summed E-state index contributed by atoms with van der Waals surface area (Å²) < 4.78 is 24.2. The van der Waals surface area contributed by atoms with E-state index in [-0.39, 0.29) is 10.6 Å². The smallest absolute Gasteiger partial charge is 0.269 e. The van der Waals surface area contributed by atoms with Crippen LogP contribution in [-0.2, 0) is 9.84 Å². The predicted molar refractivity (Wildman–Crippen MR) is 76.6 cm³/mol. The third-order valence-corrected chi connectivity index (χ3v) is 4.71. The molecule has 0 aliphatic rings. The van der Waals surface area contributed by atoms with Crippen LogP contribution < -0.4 is 0 Å². The van der Waals surface area contributed by atoms with E-state index >= 15 is 0 Å². The Bertz CT molecular complexity index is 726. The number of aliphatic hydroxyl groups excluding tert-OH is 1. The molecule has 2 rings (SSSR count). The largest absolute Gasteiger partial charge is 0.387 e. The SMILES string of the molecule is O=[N+]([O-])c1ccc([C@@H](O)CS(=O)(=O)c2ccccc2)cc1. The number of nitro groups is 1. The average Bonchev–Trinajstić information content (AvgIpc) is 2.48. The van der Waals surface area contributed by atoms with Gasteiger partial charge in [-0.15, -0.1) is 0 Å². The van der Waals surface area contributed by atoms with Crippen molar-refractivity contribution in [1.29, 1.82) is 0 Å². The molecule has 0 radical (unpaired) electrons. The Morgan fingerprint density at radius 1 is 1.05 bits per heavy atom. The van der Waals surface area contributed by atoms with E-state index in [1.807, 2.05) is 0 Å². The molecule has 0 saturated carbocycles. The van der Waals surface area contributed by atoms with Crippen molar-refractivity contribution in [2.24, 2.45) is 0 Å². The van der Waals surface area contributed by atoms with Gasteiger partial charge in [0.1, 0.15) is 0 Å². The normalized spacial score (nSPS) is 12.8. The Labute approximate surface area is 121 Å². The van der Waals surface area contributed by atoms with Crippen LogP contribution in [-0.4, -0.2) is 24.2 Å². The number of rotatable bonds is 5. The van der Waals surface area contributed by atoms with Crippen LogP contribution in [0.25, 0.3) is 0 Å². The van der Waals surface area contributed by atoms with E-state index in [4.69, 9.17) is 0 Å². The standard InChI is InChI=1S/C14H13NO5S/c16-14(11-6-8-12(9-7-11)15(17)18)10-21(19,20)13-4-2-1-3-5-13/h1-9,14,16H,10H2/t14-/m0/s1. The van der Waals surface area contributed by atoms with Gasteiger partial charge in [0.2, 0.25) is 0 Å². The van der Waals surface area contributed by atoms with Gasteiger partial charge < -0.3 is 5.11 Å². The highest BCUT2D eigenvalue weighted by Gasteiger charge is 2.21. The van der Waals surface area contributed by atoms with Crippen molar-refractivity contribution < 1.29 is 18.4 Å². The molecule has 0 amide bonds.